The monoisotopic (exact) mass is 329 g/mol. The fourth-order valence-electron chi connectivity index (χ4n) is 2.84. The first-order valence-corrected chi connectivity index (χ1v) is 9.72. The third-order valence-electron chi connectivity index (χ3n) is 4.16. The molecule has 0 N–H and O–H groups in total. The average Bonchev–Trinajstić information content (AvgIpc) is 2.73. The minimum atomic E-state index is -3.31. The topological polar surface area (TPSA) is 64.4 Å². The molecule has 0 spiro atoms. The molecule has 2 rings (SSSR count). The highest BCUT2D eigenvalue weighted by molar-refractivity contribution is 7.91. The molecule has 22 heavy (non-hydrogen) atoms. The zero-order valence-electron chi connectivity index (χ0n) is 13.6. The van der Waals surface area contributed by atoms with Gasteiger partial charge < -0.3 is 9.30 Å². The number of aromatic nitrogens is 2. The molecule has 1 aromatic rings. The van der Waals surface area contributed by atoms with Crippen molar-refractivity contribution in [3.63, 3.8) is 0 Å². The van der Waals surface area contributed by atoms with E-state index in [1.807, 2.05) is 4.57 Å². The van der Waals surface area contributed by atoms with Crippen LogP contribution >= 0.6 is 0 Å². The predicted molar refractivity (Wildman–Crippen MR) is 85.6 cm³/mol. The Bertz CT molecular complexity index is 561. The quantitative estimate of drug-likeness (QED) is 0.762. The van der Waals surface area contributed by atoms with E-state index in [1.165, 1.54) is 25.7 Å². The molecule has 0 atom stereocenters. The SMILES string of the molecule is CCS(=O)(=O)c1ncc(CN2CCCCCC2)n1CCOC. The fraction of sp³-hybridized carbons (Fsp3) is 0.800. The van der Waals surface area contributed by atoms with Gasteiger partial charge in [-0.05, 0) is 25.9 Å². The normalized spacial score (nSPS) is 17.5. The van der Waals surface area contributed by atoms with Gasteiger partial charge in [0.05, 0.1) is 24.3 Å². The second kappa shape index (κ2) is 8.08. The maximum atomic E-state index is 12.2. The summed E-state index contributed by atoms with van der Waals surface area (Å²) >= 11 is 0. The molecular weight excluding hydrogens is 302 g/mol. The number of nitrogens with zero attached hydrogens (tertiary/aromatic N) is 3. The summed E-state index contributed by atoms with van der Waals surface area (Å²) in [6.07, 6.45) is 6.71. The maximum Gasteiger partial charge on any atom is 0.227 e. The van der Waals surface area contributed by atoms with E-state index in [4.69, 9.17) is 4.74 Å². The van der Waals surface area contributed by atoms with Crippen LogP contribution in [0.5, 0.6) is 0 Å². The highest BCUT2D eigenvalue weighted by atomic mass is 32.2. The minimum Gasteiger partial charge on any atom is -0.383 e. The van der Waals surface area contributed by atoms with Gasteiger partial charge in [0.25, 0.3) is 0 Å². The molecule has 0 unspecified atom stereocenters. The first-order chi connectivity index (χ1) is 10.6. The van der Waals surface area contributed by atoms with Gasteiger partial charge in [-0.25, -0.2) is 13.4 Å². The third kappa shape index (κ3) is 4.30. The number of imidazole rings is 1. The molecule has 2 heterocycles. The molecule has 7 heteroatoms. The summed E-state index contributed by atoms with van der Waals surface area (Å²) in [6, 6.07) is 0. The molecule has 6 nitrogen and oxygen atoms in total. The molecule has 0 aromatic carbocycles. The van der Waals surface area contributed by atoms with Crippen molar-refractivity contribution >= 4 is 9.84 Å². The van der Waals surface area contributed by atoms with Gasteiger partial charge in [0.1, 0.15) is 0 Å². The van der Waals surface area contributed by atoms with Crippen molar-refractivity contribution < 1.29 is 13.2 Å². The van der Waals surface area contributed by atoms with Crippen LogP contribution in [-0.2, 0) is 27.7 Å². The lowest BCUT2D eigenvalue weighted by molar-refractivity contribution is 0.181. The van der Waals surface area contributed by atoms with Crippen molar-refractivity contribution in [3.8, 4) is 0 Å². The van der Waals surface area contributed by atoms with Crippen LogP contribution < -0.4 is 0 Å². The first kappa shape index (κ1) is 17.4. The predicted octanol–water partition coefficient (Wildman–Crippen LogP) is 1.70. The molecule has 0 aliphatic carbocycles. The lowest BCUT2D eigenvalue weighted by atomic mass is 10.2. The van der Waals surface area contributed by atoms with Crippen molar-refractivity contribution in [2.45, 2.75) is 50.9 Å². The number of rotatable bonds is 7. The van der Waals surface area contributed by atoms with E-state index in [2.05, 4.69) is 9.88 Å². The minimum absolute atomic E-state index is 0.0696. The Kier molecular flexibility index (Phi) is 6.40. The molecule has 0 radical (unpaired) electrons. The van der Waals surface area contributed by atoms with Gasteiger partial charge in [-0.3, -0.25) is 4.90 Å². The summed E-state index contributed by atoms with van der Waals surface area (Å²) in [6.45, 7) is 5.57. The van der Waals surface area contributed by atoms with E-state index in [0.29, 0.717) is 13.2 Å². The zero-order chi connectivity index (χ0) is 16.0. The van der Waals surface area contributed by atoms with E-state index in [1.54, 1.807) is 20.2 Å². The summed E-state index contributed by atoms with van der Waals surface area (Å²) in [5, 5.41) is 0.178. The van der Waals surface area contributed by atoms with E-state index >= 15 is 0 Å². The summed E-state index contributed by atoms with van der Waals surface area (Å²) in [7, 11) is -1.68. The van der Waals surface area contributed by atoms with Crippen molar-refractivity contribution in [2.75, 3.05) is 32.6 Å². The number of sulfone groups is 1. The average molecular weight is 329 g/mol. The summed E-state index contributed by atoms with van der Waals surface area (Å²) < 4.78 is 31.4. The van der Waals surface area contributed by atoms with Crippen LogP contribution in [0, 0.1) is 0 Å². The van der Waals surface area contributed by atoms with Crippen LogP contribution in [0.1, 0.15) is 38.3 Å². The molecule has 0 amide bonds. The van der Waals surface area contributed by atoms with Gasteiger partial charge >= 0.3 is 0 Å². The zero-order valence-corrected chi connectivity index (χ0v) is 14.4. The van der Waals surface area contributed by atoms with E-state index in [-0.39, 0.29) is 10.9 Å². The second-order valence-corrected chi connectivity index (χ2v) is 7.94. The first-order valence-electron chi connectivity index (χ1n) is 8.07. The highest BCUT2D eigenvalue weighted by Crippen LogP contribution is 2.17. The van der Waals surface area contributed by atoms with Gasteiger partial charge in [0, 0.05) is 20.2 Å². The summed E-state index contributed by atoms with van der Waals surface area (Å²) in [4.78, 5) is 6.59. The van der Waals surface area contributed by atoms with Crippen LogP contribution in [0.25, 0.3) is 0 Å². The summed E-state index contributed by atoms with van der Waals surface area (Å²) in [5.74, 6) is 0.0696. The van der Waals surface area contributed by atoms with Crippen LogP contribution in [0.3, 0.4) is 0 Å². The van der Waals surface area contributed by atoms with E-state index in [9.17, 15) is 8.42 Å². The lowest BCUT2D eigenvalue weighted by Gasteiger charge is -2.21. The molecule has 126 valence electrons. The second-order valence-electron chi connectivity index (χ2n) is 5.77. The van der Waals surface area contributed by atoms with Crippen molar-refractivity contribution in [2.24, 2.45) is 0 Å². The fourth-order valence-corrected chi connectivity index (χ4v) is 3.86. The van der Waals surface area contributed by atoms with Gasteiger partial charge in [0.15, 0.2) is 0 Å². The standard InChI is InChI=1S/C15H27N3O3S/c1-3-22(19,20)15-16-12-14(18(15)10-11-21-2)13-17-8-6-4-5-7-9-17/h12H,3-11,13H2,1-2H3. The molecule has 1 fully saturated rings. The van der Waals surface area contributed by atoms with Gasteiger partial charge in [-0.2, -0.15) is 0 Å². The molecule has 1 aliphatic rings. The van der Waals surface area contributed by atoms with E-state index in [0.717, 1.165) is 25.3 Å². The largest absolute Gasteiger partial charge is 0.383 e. The van der Waals surface area contributed by atoms with E-state index < -0.39 is 9.84 Å². The third-order valence-corrected chi connectivity index (χ3v) is 5.81. The van der Waals surface area contributed by atoms with Crippen LogP contribution in [0.2, 0.25) is 0 Å². The Balaban J connectivity index is 2.22. The van der Waals surface area contributed by atoms with Crippen molar-refractivity contribution in [1.29, 1.82) is 0 Å². The number of likely N-dealkylation sites (tertiary alicyclic amines) is 1. The highest BCUT2D eigenvalue weighted by Gasteiger charge is 2.22. The molecule has 1 aliphatic heterocycles. The van der Waals surface area contributed by atoms with Gasteiger partial charge in [0.2, 0.25) is 15.0 Å². The Morgan fingerprint density at radius 2 is 1.91 bits per heavy atom. The number of methoxy groups -OCH3 is 1. The number of hydrogen-bond acceptors (Lipinski definition) is 5. The van der Waals surface area contributed by atoms with Crippen LogP contribution in [0.15, 0.2) is 11.4 Å². The molecule has 1 aromatic heterocycles. The smallest absolute Gasteiger partial charge is 0.227 e. The van der Waals surface area contributed by atoms with Gasteiger partial charge in [-0.15, -0.1) is 0 Å². The summed E-state index contributed by atoms with van der Waals surface area (Å²) in [5.41, 5.74) is 0.964. The molecular formula is C15H27N3O3S. The molecule has 0 bridgehead atoms. The molecule has 0 saturated carbocycles. The van der Waals surface area contributed by atoms with Crippen molar-refractivity contribution in [3.05, 3.63) is 11.9 Å². The Labute approximate surface area is 133 Å². The Hall–Kier alpha value is -0.920. The van der Waals surface area contributed by atoms with Crippen LogP contribution in [0.4, 0.5) is 0 Å². The number of hydrogen-bond donors (Lipinski definition) is 0. The van der Waals surface area contributed by atoms with Crippen LogP contribution in [-0.4, -0.2) is 55.4 Å². The van der Waals surface area contributed by atoms with Gasteiger partial charge in [-0.1, -0.05) is 19.8 Å². The van der Waals surface area contributed by atoms with Crippen molar-refractivity contribution in [1.82, 2.24) is 14.5 Å². The Morgan fingerprint density at radius 1 is 1.23 bits per heavy atom. The molecule has 1 saturated heterocycles. The Morgan fingerprint density at radius 3 is 2.50 bits per heavy atom. The number of ether oxygens (including phenoxy) is 1. The maximum absolute atomic E-state index is 12.2. The lowest BCUT2D eigenvalue weighted by Crippen LogP contribution is -2.26.